The summed E-state index contributed by atoms with van der Waals surface area (Å²) in [5.74, 6) is -2.85. The zero-order valence-corrected chi connectivity index (χ0v) is 16.5. The Morgan fingerprint density at radius 1 is 1.23 bits per heavy atom. The number of aliphatic carboxylic acids is 1. The third-order valence-corrected chi connectivity index (χ3v) is 5.60. The van der Waals surface area contributed by atoms with Crippen LogP contribution in [0.5, 0.6) is 5.75 Å². The van der Waals surface area contributed by atoms with E-state index in [1.54, 1.807) is 12.1 Å². The SMILES string of the molecule is CC(NC(=O)c1c(O)c2ncccc2n(Cc2nc3ccccc3s2)c1=O)C(=O)O. The number of carboxylic acids is 1. The number of pyridine rings is 2. The van der Waals surface area contributed by atoms with Crippen LogP contribution in [0.3, 0.4) is 0 Å². The number of carboxylic acid groups (broad SMARTS) is 1. The number of aromatic hydroxyl groups is 1. The molecule has 0 radical (unpaired) electrons. The molecular formula is C20H16N4O5S. The first-order valence-corrected chi connectivity index (χ1v) is 9.77. The Morgan fingerprint density at radius 2 is 2.00 bits per heavy atom. The van der Waals surface area contributed by atoms with Gasteiger partial charge in [0.15, 0.2) is 5.75 Å². The number of thiazole rings is 1. The molecule has 0 aliphatic carbocycles. The lowest BCUT2D eigenvalue weighted by Gasteiger charge is -2.14. The van der Waals surface area contributed by atoms with Crippen molar-refractivity contribution in [2.75, 3.05) is 0 Å². The van der Waals surface area contributed by atoms with Crippen LogP contribution < -0.4 is 10.9 Å². The summed E-state index contributed by atoms with van der Waals surface area (Å²) in [6, 6.07) is 9.52. The Balaban J connectivity index is 1.87. The van der Waals surface area contributed by atoms with Crippen molar-refractivity contribution >= 4 is 44.5 Å². The molecule has 152 valence electrons. The number of rotatable bonds is 5. The molecule has 3 aromatic heterocycles. The zero-order chi connectivity index (χ0) is 21.4. The first-order valence-electron chi connectivity index (χ1n) is 8.95. The van der Waals surface area contributed by atoms with E-state index in [2.05, 4.69) is 15.3 Å². The van der Waals surface area contributed by atoms with Gasteiger partial charge in [0.1, 0.15) is 22.1 Å². The fourth-order valence-corrected chi connectivity index (χ4v) is 4.03. The van der Waals surface area contributed by atoms with Crippen molar-refractivity contribution in [3.63, 3.8) is 0 Å². The van der Waals surface area contributed by atoms with Crippen molar-refractivity contribution in [2.24, 2.45) is 0 Å². The van der Waals surface area contributed by atoms with Gasteiger partial charge in [0.25, 0.3) is 11.5 Å². The number of benzene rings is 1. The molecule has 1 atom stereocenters. The fourth-order valence-electron chi connectivity index (χ4n) is 3.08. The lowest BCUT2D eigenvalue weighted by atomic mass is 10.1. The van der Waals surface area contributed by atoms with Crippen LogP contribution in [0.2, 0.25) is 0 Å². The van der Waals surface area contributed by atoms with Gasteiger partial charge in [-0.05, 0) is 31.2 Å². The Morgan fingerprint density at radius 3 is 2.73 bits per heavy atom. The summed E-state index contributed by atoms with van der Waals surface area (Å²) in [7, 11) is 0. The van der Waals surface area contributed by atoms with E-state index in [1.165, 1.54) is 29.0 Å². The van der Waals surface area contributed by atoms with E-state index in [9.17, 15) is 19.5 Å². The molecule has 0 aliphatic rings. The van der Waals surface area contributed by atoms with Gasteiger partial charge in [-0.15, -0.1) is 11.3 Å². The largest absolute Gasteiger partial charge is 0.505 e. The smallest absolute Gasteiger partial charge is 0.325 e. The van der Waals surface area contributed by atoms with E-state index in [0.29, 0.717) is 10.5 Å². The van der Waals surface area contributed by atoms with E-state index < -0.39 is 34.8 Å². The molecule has 3 N–H and O–H groups in total. The Labute approximate surface area is 173 Å². The number of nitrogens with one attached hydrogen (secondary N) is 1. The highest BCUT2D eigenvalue weighted by Crippen LogP contribution is 2.27. The summed E-state index contributed by atoms with van der Waals surface area (Å²) in [6.07, 6.45) is 1.43. The molecule has 1 amide bonds. The summed E-state index contributed by atoms with van der Waals surface area (Å²) >= 11 is 1.41. The number of amides is 1. The third kappa shape index (κ3) is 3.37. The van der Waals surface area contributed by atoms with Gasteiger partial charge >= 0.3 is 5.97 Å². The van der Waals surface area contributed by atoms with Crippen molar-refractivity contribution < 1.29 is 19.8 Å². The molecule has 0 fully saturated rings. The molecule has 3 heterocycles. The second-order valence-corrected chi connectivity index (χ2v) is 7.71. The summed E-state index contributed by atoms with van der Waals surface area (Å²) in [5.41, 5.74) is -0.133. The van der Waals surface area contributed by atoms with E-state index in [0.717, 1.165) is 10.2 Å². The number of carbonyl (C=O) groups excluding carboxylic acids is 1. The zero-order valence-electron chi connectivity index (χ0n) is 15.7. The molecular weight excluding hydrogens is 408 g/mol. The Bertz CT molecular complexity index is 1330. The quantitative estimate of drug-likeness (QED) is 0.446. The van der Waals surface area contributed by atoms with Crippen LogP contribution >= 0.6 is 11.3 Å². The highest BCUT2D eigenvalue weighted by Gasteiger charge is 2.25. The number of aromatic nitrogens is 3. The lowest BCUT2D eigenvalue weighted by Crippen LogP contribution is -2.41. The third-order valence-electron chi connectivity index (χ3n) is 4.57. The van der Waals surface area contributed by atoms with Crippen molar-refractivity contribution in [1.29, 1.82) is 0 Å². The number of hydrogen-bond acceptors (Lipinski definition) is 7. The van der Waals surface area contributed by atoms with E-state index >= 15 is 0 Å². The number of nitrogens with zero attached hydrogens (tertiary/aromatic N) is 3. The average Bonchev–Trinajstić information content (AvgIpc) is 3.13. The second kappa shape index (κ2) is 7.56. The number of para-hydroxylation sites is 1. The predicted octanol–water partition coefficient (Wildman–Crippen LogP) is 1.96. The Hall–Kier alpha value is -3.79. The fraction of sp³-hybridized carbons (Fsp3) is 0.150. The first kappa shape index (κ1) is 19.5. The summed E-state index contributed by atoms with van der Waals surface area (Å²) in [5, 5.41) is 22.4. The minimum atomic E-state index is -1.27. The van der Waals surface area contributed by atoms with Crippen LogP contribution in [0, 0.1) is 0 Å². The maximum atomic E-state index is 13.2. The molecule has 4 rings (SSSR count). The summed E-state index contributed by atoms with van der Waals surface area (Å²) in [4.78, 5) is 45.4. The number of fused-ring (bicyclic) bond motifs is 2. The van der Waals surface area contributed by atoms with E-state index in [1.807, 2.05) is 24.3 Å². The van der Waals surface area contributed by atoms with E-state index in [4.69, 9.17) is 5.11 Å². The predicted molar refractivity (Wildman–Crippen MR) is 111 cm³/mol. The highest BCUT2D eigenvalue weighted by atomic mass is 32.1. The monoisotopic (exact) mass is 424 g/mol. The van der Waals surface area contributed by atoms with Gasteiger partial charge in [0.2, 0.25) is 0 Å². The van der Waals surface area contributed by atoms with Crippen molar-refractivity contribution in [3.05, 3.63) is 63.5 Å². The second-order valence-electron chi connectivity index (χ2n) is 6.59. The molecule has 0 aliphatic heterocycles. The molecule has 4 aromatic rings. The van der Waals surface area contributed by atoms with Crippen LogP contribution in [-0.2, 0) is 11.3 Å². The van der Waals surface area contributed by atoms with Gasteiger partial charge in [-0.3, -0.25) is 23.9 Å². The summed E-state index contributed by atoms with van der Waals surface area (Å²) < 4.78 is 2.26. The maximum absolute atomic E-state index is 13.2. The normalized spacial score (nSPS) is 12.2. The minimum Gasteiger partial charge on any atom is -0.505 e. The van der Waals surface area contributed by atoms with Gasteiger partial charge in [0.05, 0.1) is 22.3 Å². The average molecular weight is 424 g/mol. The van der Waals surface area contributed by atoms with Gasteiger partial charge in [-0.25, -0.2) is 4.98 Å². The van der Waals surface area contributed by atoms with Crippen molar-refractivity contribution in [3.8, 4) is 5.75 Å². The highest BCUT2D eigenvalue weighted by molar-refractivity contribution is 7.18. The summed E-state index contributed by atoms with van der Waals surface area (Å²) in [6.45, 7) is 1.33. The molecule has 0 saturated heterocycles. The van der Waals surface area contributed by atoms with Crippen LogP contribution in [0.25, 0.3) is 21.3 Å². The molecule has 10 heteroatoms. The van der Waals surface area contributed by atoms with Crippen LogP contribution in [0.1, 0.15) is 22.3 Å². The molecule has 1 unspecified atom stereocenters. The molecule has 0 saturated carbocycles. The minimum absolute atomic E-state index is 0.0614. The number of carbonyl (C=O) groups is 2. The van der Waals surface area contributed by atoms with E-state index in [-0.39, 0.29) is 12.1 Å². The van der Waals surface area contributed by atoms with Gasteiger partial charge < -0.3 is 15.5 Å². The maximum Gasteiger partial charge on any atom is 0.325 e. The standard InChI is InChI=1S/C20H16N4O5S/c1-10(20(28)29)22-18(26)15-17(25)16-12(6-4-8-21-16)24(19(15)27)9-14-23-11-5-2-3-7-13(11)30-14/h2-8,10,25H,9H2,1H3,(H,22,26)(H,28,29). The van der Waals surface area contributed by atoms with Gasteiger partial charge in [-0.2, -0.15) is 0 Å². The van der Waals surface area contributed by atoms with Crippen LogP contribution in [-0.4, -0.2) is 42.7 Å². The lowest BCUT2D eigenvalue weighted by molar-refractivity contribution is -0.138. The molecule has 30 heavy (non-hydrogen) atoms. The molecule has 1 aromatic carbocycles. The van der Waals surface area contributed by atoms with Crippen LogP contribution in [0.4, 0.5) is 0 Å². The first-order chi connectivity index (χ1) is 14.4. The molecule has 0 spiro atoms. The molecule has 9 nitrogen and oxygen atoms in total. The van der Waals surface area contributed by atoms with Crippen LogP contribution in [0.15, 0.2) is 47.4 Å². The van der Waals surface area contributed by atoms with Crippen molar-refractivity contribution in [2.45, 2.75) is 19.5 Å². The molecule has 0 bridgehead atoms. The van der Waals surface area contributed by atoms with Gasteiger partial charge in [0, 0.05) is 6.20 Å². The Kier molecular flexibility index (Phi) is 4.92. The van der Waals surface area contributed by atoms with Crippen molar-refractivity contribution in [1.82, 2.24) is 19.9 Å². The topological polar surface area (TPSA) is 134 Å². The number of hydrogen-bond donors (Lipinski definition) is 3. The van der Waals surface area contributed by atoms with Gasteiger partial charge in [-0.1, -0.05) is 12.1 Å².